The minimum Gasteiger partial charge on any atom is -0.507 e. The quantitative estimate of drug-likeness (QED) is 0.820. The van der Waals surface area contributed by atoms with Gasteiger partial charge in [-0.3, -0.25) is 4.99 Å². The van der Waals surface area contributed by atoms with Crippen molar-refractivity contribution in [2.45, 2.75) is 19.8 Å². The lowest BCUT2D eigenvalue weighted by Gasteiger charge is -2.05. The van der Waals surface area contributed by atoms with Crippen LogP contribution in [0.15, 0.2) is 47.5 Å². The molecule has 0 amide bonds. The van der Waals surface area contributed by atoms with Crippen molar-refractivity contribution in [2.75, 3.05) is 0 Å². The van der Waals surface area contributed by atoms with Gasteiger partial charge in [0.15, 0.2) is 0 Å². The monoisotopic (exact) mass is 283 g/mol. The predicted octanol–water partition coefficient (Wildman–Crippen LogP) is 3.79. The van der Waals surface area contributed by atoms with Crippen molar-refractivity contribution in [1.82, 2.24) is 0 Å². The van der Waals surface area contributed by atoms with Crippen molar-refractivity contribution >= 4 is 17.9 Å². The summed E-state index contributed by atoms with van der Waals surface area (Å²) in [6, 6.07) is 11.9. The van der Waals surface area contributed by atoms with Gasteiger partial charge in [0, 0.05) is 11.8 Å². The molecule has 0 heterocycles. The first kappa shape index (κ1) is 14.8. The molecule has 2 aromatic carbocycles. The summed E-state index contributed by atoms with van der Waals surface area (Å²) < 4.78 is 0. The van der Waals surface area contributed by atoms with E-state index in [0.29, 0.717) is 11.3 Å². The number of phenols is 1. The Hall–Kier alpha value is -2.62. The van der Waals surface area contributed by atoms with Crippen molar-refractivity contribution in [2.24, 2.45) is 4.99 Å². The first-order valence-corrected chi connectivity index (χ1v) is 6.80. The average molecular weight is 283 g/mol. The molecule has 0 saturated heterocycles. The highest BCUT2D eigenvalue weighted by molar-refractivity contribution is 5.89. The lowest BCUT2D eigenvalue weighted by molar-refractivity contribution is 0.0697. The predicted molar refractivity (Wildman–Crippen MR) is 82.8 cm³/mol. The van der Waals surface area contributed by atoms with Crippen LogP contribution in [0.2, 0.25) is 0 Å². The van der Waals surface area contributed by atoms with Crippen LogP contribution in [0.4, 0.5) is 5.69 Å². The molecule has 2 rings (SSSR count). The summed E-state index contributed by atoms with van der Waals surface area (Å²) in [7, 11) is 0. The molecule has 4 heteroatoms. The SMILES string of the molecule is CCCc1cccc(C=Nc2ccc(C(=O)O)cc2)c1O. The topological polar surface area (TPSA) is 69.9 Å². The van der Waals surface area contributed by atoms with Gasteiger partial charge in [0.25, 0.3) is 0 Å². The van der Waals surface area contributed by atoms with E-state index in [4.69, 9.17) is 5.11 Å². The molecule has 0 spiro atoms. The summed E-state index contributed by atoms with van der Waals surface area (Å²) in [6.07, 6.45) is 3.37. The molecule has 0 bridgehead atoms. The van der Waals surface area contributed by atoms with Crippen LogP contribution in [0.1, 0.15) is 34.8 Å². The van der Waals surface area contributed by atoms with Gasteiger partial charge in [0.1, 0.15) is 5.75 Å². The van der Waals surface area contributed by atoms with E-state index < -0.39 is 5.97 Å². The average Bonchev–Trinajstić information content (AvgIpc) is 2.49. The summed E-state index contributed by atoms with van der Waals surface area (Å²) in [4.78, 5) is 15.0. The van der Waals surface area contributed by atoms with Gasteiger partial charge >= 0.3 is 5.97 Å². The third-order valence-corrected chi connectivity index (χ3v) is 3.14. The number of carboxylic acids is 1. The second-order valence-corrected chi connectivity index (χ2v) is 4.72. The highest BCUT2D eigenvalue weighted by atomic mass is 16.4. The maximum absolute atomic E-state index is 10.8. The number of para-hydroxylation sites is 1. The zero-order valence-electron chi connectivity index (χ0n) is 11.8. The molecule has 2 N–H and O–H groups in total. The molecule has 0 aliphatic rings. The molecular formula is C17H17NO3. The molecule has 4 nitrogen and oxygen atoms in total. The van der Waals surface area contributed by atoms with Crippen molar-refractivity contribution in [3.05, 3.63) is 59.2 Å². The standard InChI is InChI=1S/C17H17NO3/c1-2-4-12-5-3-6-14(16(12)19)11-18-15-9-7-13(8-10-15)17(20)21/h3,5-11,19H,2,4H2,1H3,(H,20,21). The van der Waals surface area contributed by atoms with E-state index in [-0.39, 0.29) is 11.3 Å². The van der Waals surface area contributed by atoms with Crippen LogP contribution >= 0.6 is 0 Å². The number of aryl methyl sites for hydroxylation is 1. The van der Waals surface area contributed by atoms with Crippen LogP contribution in [-0.2, 0) is 6.42 Å². The third-order valence-electron chi connectivity index (χ3n) is 3.14. The fraction of sp³-hybridized carbons (Fsp3) is 0.176. The minimum atomic E-state index is -0.963. The number of carbonyl (C=O) groups is 1. The number of nitrogens with zero attached hydrogens (tertiary/aromatic N) is 1. The summed E-state index contributed by atoms with van der Waals surface area (Å²) in [5.41, 5.74) is 2.42. The Labute approximate surface area is 123 Å². The third kappa shape index (κ3) is 3.69. The van der Waals surface area contributed by atoms with Gasteiger partial charge in [-0.1, -0.05) is 25.5 Å². The van der Waals surface area contributed by atoms with E-state index in [1.165, 1.54) is 12.1 Å². The van der Waals surface area contributed by atoms with Gasteiger partial charge in [-0.15, -0.1) is 0 Å². The minimum absolute atomic E-state index is 0.224. The second-order valence-electron chi connectivity index (χ2n) is 4.72. The highest BCUT2D eigenvalue weighted by Gasteiger charge is 2.04. The molecule has 0 aromatic heterocycles. The lowest BCUT2D eigenvalue weighted by Crippen LogP contribution is -1.94. The molecule has 0 saturated carbocycles. The fourth-order valence-electron chi connectivity index (χ4n) is 2.02. The van der Waals surface area contributed by atoms with Crippen LogP contribution in [0.25, 0.3) is 0 Å². The Morgan fingerprint density at radius 2 is 1.90 bits per heavy atom. The van der Waals surface area contributed by atoms with Crippen LogP contribution in [-0.4, -0.2) is 22.4 Å². The number of benzene rings is 2. The number of hydrogen-bond donors (Lipinski definition) is 2. The summed E-state index contributed by atoms with van der Waals surface area (Å²) in [6.45, 7) is 2.06. The number of carboxylic acid groups (broad SMARTS) is 1. The van der Waals surface area contributed by atoms with Gasteiger partial charge in [-0.2, -0.15) is 0 Å². The van der Waals surface area contributed by atoms with Gasteiger partial charge in [0.2, 0.25) is 0 Å². The van der Waals surface area contributed by atoms with Gasteiger partial charge in [0.05, 0.1) is 11.3 Å². The Kier molecular flexibility index (Phi) is 4.72. The van der Waals surface area contributed by atoms with Crippen LogP contribution < -0.4 is 0 Å². The summed E-state index contributed by atoms with van der Waals surface area (Å²) >= 11 is 0. The summed E-state index contributed by atoms with van der Waals surface area (Å²) in [5.74, 6) is -0.708. The number of aromatic carboxylic acids is 1. The molecular weight excluding hydrogens is 266 g/mol. The number of hydrogen-bond acceptors (Lipinski definition) is 3. The second kappa shape index (κ2) is 6.70. The smallest absolute Gasteiger partial charge is 0.335 e. The zero-order valence-corrected chi connectivity index (χ0v) is 11.8. The molecule has 0 unspecified atom stereocenters. The molecule has 0 fully saturated rings. The van der Waals surface area contributed by atoms with E-state index in [2.05, 4.69) is 11.9 Å². The van der Waals surface area contributed by atoms with Crippen LogP contribution in [0.3, 0.4) is 0 Å². The van der Waals surface area contributed by atoms with Crippen molar-refractivity contribution in [3.63, 3.8) is 0 Å². The molecule has 0 aliphatic carbocycles. The first-order chi connectivity index (χ1) is 10.1. The highest BCUT2D eigenvalue weighted by Crippen LogP contribution is 2.23. The number of phenolic OH excluding ortho intramolecular Hbond substituents is 1. The Balaban J connectivity index is 2.21. The maximum atomic E-state index is 10.8. The van der Waals surface area contributed by atoms with Crippen LogP contribution in [0, 0.1) is 0 Å². The molecule has 0 aliphatic heterocycles. The van der Waals surface area contributed by atoms with Gasteiger partial charge in [-0.25, -0.2) is 4.79 Å². The van der Waals surface area contributed by atoms with E-state index in [0.717, 1.165) is 18.4 Å². The number of rotatable bonds is 5. The van der Waals surface area contributed by atoms with E-state index >= 15 is 0 Å². The van der Waals surface area contributed by atoms with Crippen molar-refractivity contribution in [3.8, 4) is 5.75 Å². The normalized spacial score (nSPS) is 10.9. The number of aliphatic imine (C=N–C) groups is 1. The largest absolute Gasteiger partial charge is 0.507 e. The molecule has 108 valence electrons. The summed E-state index contributed by atoms with van der Waals surface area (Å²) in [5, 5.41) is 19.0. The van der Waals surface area contributed by atoms with Gasteiger partial charge < -0.3 is 10.2 Å². The first-order valence-electron chi connectivity index (χ1n) is 6.80. The van der Waals surface area contributed by atoms with E-state index in [9.17, 15) is 9.90 Å². The number of aromatic hydroxyl groups is 1. The van der Waals surface area contributed by atoms with E-state index in [1.54, 1.807) is 24.4 Å². The fourth-order valence-corrected chi connectivity index (χ4v) is 2.02. The molecule has 2 aromatic rings. The Bertz CT molecular complexity index is 660. The van der Waals surface area contributed by atoms with Gasteiger partial charge in [-0.05, 0) is 42.3 Å². The lowest BCUT2D eigenvalue weighted by atomic mass is 10.1. The van der Waals surface area contributed by atoms with E-state index in [1.807, 2.05) is 12.1 Å². The molecule has 0 radical (unpaired) electrons. The molecule has 21 heavy (non-hydrogen) atoms. The zero-order chi connectivity index (χ0) is 15.2. The molecule has 0 atom stereocenters. The Morgan fingerprint density at radius 3 is 2.52 bits per heavy atom. The van der Waals surface area contributed by atoms with Crippen molar-refractivity contribution < 1.29 is 15.0 Å². The Morgan fingerprint density at radius 1 is 1.19 bits per heavy atom. The van der Waals surface area contributed by atoms with Crippen molar-refractivity contribution in [1.29, 1.82) is 0 Å². The maximum Gasteiger partial charge on any atom is 0.335 e. The van der Waals surface area contributed by atoms with Crippen LogP contribution in [0.5, 0.6) is 5.75 Å².